The Balaban J connectivity index is 2.03. The number of likely N-dealkylation sites (N-methyl/N-ethyl adjacent to an activating group) is 1. The fourth-order valence-electron chi connectivity index (χ4n) is 3.87. The molecule has 20 heavy (non-hydrogen) atoms. The summed E-state index contributed by atoms with van der Waals surface area (Å²) in [5, 5.41) is 3.19. The van der Waals surface area contributed by atoms with Crippen molar-refractivity contribution in [2.45, 2.75) is 64.0 Å². The first-order valence-corrected chi connectivity index (χ1v) is 8.21. The molecule has 2 rings (SSSR count). The van der Waals surface area contributed by atoms with E-state index in [4.69, 9.17) is 4.74 Å². The predicted molar refractivity (Wildman–Crippen MR) is 80.7 cm³/mol. The smallest absolute Gasteiger partial charge is 0.327 e. The van der Waals surface area contributed by atoms with Crippen molar-refractivity contribution in [2.24, 2.45) is 5.92 Å². The molecule has 0 aromatic carbocycles. The molecule has 0 radical (unpaired) electrons. The standard InChI is InChI=1S/C16H30N2O2/c1-4-20-15(19)16(2,17-3)12-18-11-7-9-13-8-5-6-10-14(13)18/h13-14,17H,4-12H2,1-3H3/t13-,14-,16?/m1/s1. The van der Waals surface area contributed by atoms with Gasteiger partial charge < -0.3 is 10.1 Å². The Morgan fingerprint density at radius 1 is 1.30 bits per heavy atom. The first kappa shape index (κ1) is 15.8. The van der Waals surface area contributed by atoms with E-state index in [1.54, 1.807) is 0 Å². The van der Waals surface area contributed by atoms with Gasteiger partial charge in [0.2, 0.25) is 0 Å². The van der Waals surface area contributed by atoms with Gasteiger partial charge in [-0.05, 0) is 59.0 Å². The van der Waals surface area contributed by atoms with E-state index in [-0.39, 0.29) is 5.97 Å². The molecular formula is C16H30N2O2. The average molecular weight is 282 g/mol. The third-order valence-corrected chi connectivity index (χ3v) is 5.16. The minimum absolute atomic E-state index is 0.125. The van der Waals surface area contributed by atoms with Crippen molar-refractivity contribution in [3.63, 3.8) is 0 Å². The molecule has 116 valence electrons. The summed E-state index contributed by atoms with van der Waals surface area (Å²) in [7, 11) is 1.86. The van der Waals surface area contributed by atoms with Crippen LogP contribution < -0.4 is 5.32 Å². The highest BCUT2D eigenvalue weighted by molar-refractivity contribution is 5.80. The van der Waals surface area contributed by atoms with Gasteiger partial charge in [-0.15, -0.1) is 0 Å². The SMILES string of the molecule is CCOC(=O)C(C)(CN1CCC[C@H]2CCCC[C@H]21)NC. The number of hydrogen-bond acceptors (Lipinski definition) is 4. The first-order chi connectivity index (χ1) is 9.60. The summed E-state index contributed by atoms with van der Waals surface area (Å²) in [5.41, 5.74) is -0.588. The molecule has 1 saturated heterocycles. The van der Waals surface area contributed by atoms with Gasteiger partial charge in [-0.1, -0.05) is 12.8 Å². The zero-order valence-corrected chi connectivity index (χ0v) is 13.3. The zero-order valence-electron chi connectivity index (χ0n) is 13.3. The molecular weight excluding hydrogens is 252 g/mol. The highest BCUT2D eigenvalue weighted by Crippen LogP contribution is 2.35. The molecule has 1 heterocycles. The van der Waals surface area contributed by atoms with E-state index in [1.807, 2.05) is 20.9 Å². The van der Waals surface area contributed by atoms with Gasteiger partial charge in [-0.3, -0.25) is 9.69 Å². The van der Waals surface area contributed by atoms with Crippen LogP contribution in [0.2, 0.25) is 0 Å². The van der Waals surface area contributed by atoms with Gasteiger partial charge in [0.1, 0.15) is 5.54 Å². The van der Waals surface area contributed by atoms with E-state index in [1.165, 1.54) is 38.5 Å². The number of ether oxygens (including phenoxy) is 1. The molecule has 1 aliphatic heterocycles. The molecule has 0 bridgehead atoms. The lowest BCUT2D eigenvalue weighted by atomic mass is 9.78. The van der Waals surface area contributed by atoms with E-state index in [0.29, 0.717) is 12.6 Å². The molecule has 2 fully saturated rings. The average Bonchev–Trinajstić information content (AvgIpc) is 2.48. The van der Waals surface area contributed by atoms with Crippen molar-refractivity contribution in [3.8, 4) is 0 Å². The second-order valence-electron chi connectivity index (χ2n) is 6.53. The first-order valence-electron chi connectivity index (χ1n) is 8.21. The fraction of sp³-hybridized carbons (Fsp3) is 0.938. The number of rotatable bonds is 5. The van der Waals surface area contributed by atoms with Crippen LogP contribution in [0.3, 0.4) is 0 Å². The van der Waals surface area contributed by atoms with Crippen molar-refractivity contribution in [2.75, 3.05) is 26.7 Å². The summed E-state index contributed by atoms with van der Waals surface area (Å²) in [6, 6.07) is 0.680. The van der Waals surface area contributed by atoms with Crippen LogP contribution in [0.5, 0.6) is 0 Å². The highest BCUT2D eigenvalue weighted by Gasteiger charge is 2.40. The van der Waals surface area contributed by atoms with Crippen molar-refractivity contribution < 1.29 is 9.53 Å². The lowest BCUT2D eigenvalue weighted by Crippen LogP contribution is -2.60. The lowest BCUT2D eigenvalue weighted by Gasteiger charge is -2.46. The highest BCUT2D eigenvalue weighted by atomic mass is 16.5. The minimum Gasteiger partial charge on any atom is -0.465 e. The Labute approximate surface area is 123 Å². The Morgan fingerprint density at radius 2 is 2.00 bits per heavy atom. The predicted octanol–water partition coefficient (Wildman–Crippen LogP) is 2.18. The summed E-state index contributed by atoms with van der Waals surface area (Å²) >= 11 is 0. The molecule has 0 aromatic rings. The molecule has 1 N–H and O–H groups in total. The van der Waals surface area contributed by atoms with Crippen LogP contribution in [-0.4, -0.2) is 49.2 Å². The van der Waals surface area contributed by atoms with Gasteiger partial charge in [0, 0.05) is 12.6 Å². The molecule has 0 amide bonds. The number of nitrogens with one attached hydrogen (secondary N) is 1. The van der Waals surface area contributed by atoms with Crippen molar-refractivity contribution in [3.05, 3.63) is 0 Å². The van der Waals surface area contributed by atoms with Gasteiger partial charge in [-0.2, -0.15) is 0 Å². The molecule has 2 aliphatic rings. The maximum atomic E-state index is 12.2. The van der Waals surface area contributed by atoms with Crippen LogP contribution in [-0.2, 0) is 9.53 Å². The maximum Gasteiger partial charge on any atom is 0.327 e. The molecule has 1 saturated carbocycles. The summed E-state index contributed by atoms with van der Waals surface area (Å²) in [6.45, 7) is 6.17. The summed E-state index contributed by atoms with van der Waals surface area (Å²) in [4.78, 5) is 14.8. The number of esters is 1. The third-order valence-electron chi connectivity index (χ3n) is 5.16. The van der Waals surface area contributed by atoms with Crippen molar-refractivity contribution in [1.82, 2.24) is 10.2 Å². The van der Waals surface area contributed by atoms with Crippen LogP contribution in [0, 0.1) is 5.92 Å². The van der Waals surface area contributed by atoms with Crippen LogP contribution in [0.4, 0.5) is 0 Å². The number of likely N-dealkylation sites (tertiary alicyclic amines) is 1. The Morgan fingerprint density at radius 3 is 2.70 bits per heavy atom. The second kappa shape index (κ2) is 6.90. The molecule has 0 spiro atoms. The van der Waals surface area contributed by atoms with Crippen LogP contribution in [0.25, 0.3) is 0 Å². The zero-order chi connectivity index (χ0) is 14.6. The van der Waals surface area contributed by atoms with Gasteiger partial charge >= 0.3 is 5.97 Å². The monoisotopic (exact) mass is 282 g/mol. The largest absolute Gasteiger partial charge is 0.465 e. The number of piperidine rings is 1. The summed E-state index contributed by atoms with van der Waals surface area (Å²) in [6.07, 6.45) is 8.04. The van der Waals surface area contributed by atoms with Crippen LogP contribution in [0.1, 0.15) is 52.4 Å². The van der Waals surface area contributed by atoms with E-state index in [9.17, 15) is 4.79 Å². The molecule has 4 nitrogen and oxygen atoms in total. The van der Waals surface area contributed by atoms with Crippen molar-refractivity contribution in [1.29, 1.82) is 0 Å². The van der Waals surface area contributed by atoms with Gasteiger partial charge in [0.25, 0.3) is 0 Å². The van der Waals surface area contributed by atoms with Crippen LogP contribution >= 0.6 is 0 Å². The Kier molecular flexibility index (Phi) is 5.44. The topological polar surface area (TPSA) is 41.6 Å². The number of hydrogen-bond donors (Lipinski definition) is 1. The molecule has 3 atom stereocenters. The normalized spacial score (nSPS) is 30.4. The van der Waals surface area contributed by atoms with E-state index < -0.39 is 5.54 Å². The van der Waals surface area contributed by atoms with E-state index in [0.717, 1.165) is 19.0 Å². The third kappa shape index (κ3) is 3.34. The number of nitrogens with zero attached hydrogens (tertiary/aromatic N) is 1. The number of carbonyl (C=O) groups excluding carboxylic acids is 1. The fourth-order valence-corrected chi connectivity index (χ4v) is 3.87. The van der Waals surface area contributed by atoms with Crippen LogP contribution in [0.15, 0.2) is 0 Å². The molecule has 0 aromatic heterocycles. The molecule has 1 aliphatic carbocycles. The van der Waals surface area contributed by atoms with Gasteiger partial charge in [0.05, 0.1) is 6.61 Å². The summed E-state index contributed by atoms with van der Waals surface area (Å²) in [5.74, 6) is 0.723. The van der Waals surface area contributed by atoms with E-state index in [2.05, 4.69) is 10.2 Å². The number of carbonyl (C=O) groups is 1. The lowest BCUT2D eigenvalue weighted by molar-refractivity contribution is -0.151. The van der Waals surface area contributed by atoms with Gasteiger partial charge in [0.15, 0.2) is 0 Å². The van der Waals surface area contributed by atoms with E-state index >= 15 is 0 Å². The maximum absolute atomic E-state index is 12.2. The minimum atomic E-state index is -0.588. The molecule has 4 heteroatoms. The Bertz CT molecular complexity index is 332. The Hall–Kier alpha value is -0.610. The van der Waals surface area contributed by atoms with Crippen molar-refractivity contribution >= 4 is 5.97 Å². The number of fused-ring (bicyclic) bond motifs is 1. The summed E-state index contributed by atoms with van der Waals surface area (Å²) < 4.78 is 5.25. The van der Waals surface area contributed by atoms with Gasteiger partial charge in [-0.25, -0.2) is 0 Å². The molecule has 1 unspecified atom stereocenters. The quantitative estimate of drug-likeness (QED) is 0.785. The second-order valence-corrected chi connectivity index (χ2v) is 6.53.